The van der Waals surface area contributed by atoms with Gasteiger partial charge in [-0.1, -0.05) is 33.1 Å². The molecular formula is C19H35N3O2. The average Bonchev–Trinajstić information content (AvgIpc) is 2.98. The number of nitrogens with zero attached hydrogens (tertiary/aromatic N) is 1. The van der Waals surface area contributed by atoms with Crippen LogP contribution in [0.3, 0.4) is 0 Å². The van der Waals surface area contributed by atoms with Crippen molar-refractivity contribution in [3.05, 3.63) is 0 Å². The van der Waals surface area contributed by atoms with Gasteiger partial charge in [-0.05, 0) is 45.4 Å². The van der Waals surface area contributed by atoms with Crippen molar-refractivity contribution in [2.75, 3.05) is 6.54 Å². The summed E-state index contributed by atoms with van der Waals surface area (Å²) in [6.07, 6.45) is 7.82. The second kappa shape index (κ2) is 8.84. The highest BCUT2D eigenvalue weighted by atomic mass is 16.2. The predicted octanol–water partition coefficient (Wildman–Crippen LogP) is 2.45. The molecule has 5 heteroatoms. The largest absolute Gasteiger partial charge is 0.343 e. The van der Waals surface area contributed by atoms with Gasteiger partial charge in [0, 0.05) is 18.6 Å². The molecule has 2 N–H and O–H groups in total. The molecule has 1 saturated carbocycles. The lowest BCUT2D eigenvalue weighted by molar-refractivity contribution is -0.139. The fourth-order valence-electron chi connectivity index (χ4n) is 4.14. The lowest BCUT2D eigenvalue weighted by Gasteiger charge is -2.35. The summed E-state index contributed by atoms with van der Waals surface area (Å²) in [5.41, 5.74) is 0. The molecule has 3 atom stereocenters. The van der Waals surface area contributed by atoms with Crippen molar-refractivity contribution in [2.45, 2.75) is 96.8 Å². The van der Waals surface area contributed by atoms with E-state index in [4.69, 9.17) is 0 Å². The molecule has 2 amide bonds. The minimum Gasteiger partial charge on any atom is -0.343 e. The minimum absolute atomic E-state index is 0.0560. The molecule has 0 bridgehead atoms. The van der Waals surface area contributed by atoms with Crippen LogP contribution >= 0.6 is 0 Å². The first-order valence-electron chi connectivity index (χ1n) is 9.77. The number of hydrogen-bond acceptors (Lipinski definition) is 3. The molecule has 5 nitrogen and oxygen atoms in total. The molecule has 1 saturated heterocycles. The molecular weight excluding hydrogens is 302 g/mol. The standard InChI is InChI=1S/C19H35N3O2/c1-13(2)20-15(4)18(23)21-17(16-10-6-5-7-11-16)19(24)22-12-8-9-14(22)3/h13-17,20H,5-12H2,1-4H3,(H,21,23)/t14-,15?,17+/m1/s1. The van der Waals surface area contributed by atoms with Crippen molar-refractivity contribution in [3.8, 4) is 0 Å². The van der Waals surface area contributed by atoms with Gasteiger partial charge < -0.3 is 15.5 Å². The van der Waals surface area contributed by atoms with Crippen LogP contribution in [-0.4, -0.2) is 47.4 Å². The van der Waals surface area contributed by atoms with Crippen LogP contribution in [0.5, 0.6) is 0 Å². The highest BCUT2D eigenvalue weighted by Crippen LogP contribution is 2.29. The van der Waals surface area contributed by atoms with E-state index in [1.54, 1.807) is 0 Å². The fourth-order valence-corrected chi connectivity index (χ4v) is 4.14. The first-order valence-corrected chi connectivity index (χ1v) is 9.77. The third-order valence-electron chi connectivity index (χ3n) is 5.50. The Kier molecular flexibility index (Phi) is 7.08. The van der Waals surface area contributed by atoms with Gasteiger partial charge in [-0.2, -0.15) is 0 Å². The Morgan fingerprint density at radius 2 is 1.67 bits per heavy atom. The molecule has 0 radical (unpaired) electrons. The quantitative estimate of drug-likeness (QED) is 0.782. The van der Waals surface area contributed by atoms with E-state index >= 15 is 0 Å². The van der Waals surface area contributed by atoms with Gasteiger partial charge in [-0.3, -0.25) is 9.59 Å². The molecule has 0 spiro atoms. The number of hydrogen-bond donors (Lipinski definition) is 2. The Morgan fingerprint density at radius 1 is 1.00 bits per heavy atom. The van der Waals surface area contributed by atoms with Crippen LogP contribution in [-0.2, 0) is 9.59 Å². The molecule has 1 aliphatic carbocycles. The van der Waals surface area contributed by atoms with Gasteiger partial charge in [-0.25, -0.2) is 0 Å². The lowest BCUT2D eigenvalue weighted by atomic mass is 9.83. The summed E-state index contributed by atoms with van der Waals surface area (Å²) in [5, 5.41) is 6.33. The van der Waals surface area contributed by atoms with Crippen molar-refractivity contribution < 1.29 is 9.59 Å². The maximum Gasteiger partial charge on any atom is 0.245 e. The summed E-state index contributed by atoms with van der Waals surface area (Å²) < 4.78 is 0. The zero-order valence-electron chi connectivity index (χ0n) is 15.8. The van der Waals surface area contributed by atoms with Crippen molar-refractivity contribution in [1.29, 1.82) is 0 Å². The second-order valence-electron chi connectivity index (χ2n) is 7.95. The molecule has 2 fully saturated rings. The first kappa shape index (κ1) is 19.2. The number of carbonyl (C=O) groups is 2. The van der Waals surface area contributed by atoms with Crippen molar-refractivity contribution >= 4 is 11.8 Å². The molecule has 0 aromatic rings. The Labute approximate surface area is 146 Å². The van der Waals surface area contributed by atoms with Crippen LogP contribution < -0.4 is 10.6 Å². The van der Waals surface area contributed by atoms with Gasteiger partial charge in [0.1, 0.15) is 6.04 Å². The molecule has 138 valence electrons. The molecule has 2 rings (SSSR count). The summed E-state index contributed by atoms with van der Waals surface area (Å²) in [5.74, 6) is 0.366. The Hall–Kier alpha value is -1.10. The van der Waals surface area contributed by atoms with Gasteiger partial charge in [0.05, 0.1) is 6.04 Å². The first-order chi connectivity index (χ1) is 11.4. The van der Waals surface area contributed by atoms with E-state index in [0.29, 0.717) is 6.04 Å². The number of carbonyl (C=O) groups excluding carboxylic acids is 2. The maximum atomic E-state index is 13.1. The van der Waals surface area contributed by atoms with Crippen molar-refractivity contribution in [1.82, 2.24) is 15.5 Å². The number of amides is 2. The smallest absolute Gasteiger partial charge is 0.245 e. The van der Waals surface area contributed by atoms with E-state index in [1.807, 2.05) is 25.7 Å². The van der Waals surface area contributed by atoms with E-state index in [0.717, 1.165) is 32.2 Å². The highest BCUT2D eigenvalue weighted by Gasteiger charge is 2.37. The summed E-state index contributed by atoms with van der Waals surface area (Å²) in [7, 11) is 0. The third kappa shape index (κ3) is 4.95. The van der Waals surface area contributed by atoms with E-state index in [1.165, 1.54) is 19.3 Å². The van der Waals surface area contributed by atoms with Gasteiger partial charge in [0.15, 0.2) is 0 Å². The van der Waals surface area contributed by atoms with E-state index in [-0.39, 0.29) is 35.9 Å². The van der Waals surface area contributed by atoms with Crippen LogP contribution in [0.15, 0.2) is 0 Å². The highest BCUT2D eigenvalue weighted by molar-refractivity contribution is 5.90. The summed E-state index contributed by atoms with van der Waals surface area (Å²) >= 11 is 0. The summed E-state index contributed by atoms with van der Waals surface area (Å²) in [6.45, 7) is 8.88. The van der Waals surface area contributed by atoms with E-state index in [9.17, 15) is 9.59 Å². The molecule has 2 aliphatic rings. The fraction of sp³-hybridized carbons (Fsp3) is 0.895. The van der Waals surface area contributed by atoms with E-state index in [2.05, 4.69) is 17.6 Å². The SMILES string of the molecule is CC(C)NC(C)C(=O)N[C@H](C(=O)N1CCC[C@H]1C)C1CCCCC1. The van der Waals surface area contributed by atoms with Gasteiger partial charge in [0.2, 0.25) is 11.8 Å². The van der Waals surface area contributed by atoms with Gasteiger partial charge in [0.25, 0.3) is 0 Å². The number of rotatable bonds is 6. The maximum absolute atomic E-state index is 13.1. The normalized spacial score (nSPS) is 24.9. The lowest BCUT2D eigenvalue weighted by Crippen LogP contribution is -2.57. The number of likely N-dealkylation sites (tertiary alicyclic amines) is 1. The topological polar surface area (TPSA) is 61.4 Å². The zero-order chi connectivity index (χ0) is 17.7. The summed E-state index contributed by atoms with van der Waals surface area (Å²) in [4.78, 5) is 27.7. The van der Waals surface area contributed by atoms with Crippen molar-refractivity contribution in [3.63, 3.8) is 0 Å². The molecule has 1 heterocycles. The van der Waals surface area contributed by atoms with Crippen LogP contribution in [0.2, 0.25) is 0 Å². The molecule has 24 heavy (non-hydrogen) atoms. The monoisotopic (exact) mass is 337 g/mol. The molecule has 0 aromatic heterocycles. The van der Waals surface area contributed by atoms with Crippen LogP contribution in [0.1, 0.15) is 72.6 Å². The minimum atomic E-state index is -0.352. The van der Waals surface area contributed by atoms with Crippen LogP contribution in [0, 0.1) is 5.92 Å². The summed E-state index contributed by atoms with van der Waals surface area (Å²) in [6, 6.07) is -0.0884. The van der Waals surface area contributed by atoms with Crippen molar-refractivity contribution in [2.24, 2.45) is 5.92 Å². The van der Waals surface area contributed by atoms with E-state index < -0.39 is 0 Å². The Morgan fingerprint density at radius 3 is 2.21 bits per heavy atom. The van der Waals surface area contributed by atoms with Crippen LogP contribution in [0.25, 0.3) is 0 Å². The third-order valence-corrected chi connectivity index (χ3v) is 5.50. The number of nitrogens with one attached hydrogen (secondary N) is 2. The van der Waals surface area contributed by atoms with Gasteiger partial charge in [-0.15, -0.1) is 0 Å². The Bertz CT molecular complexity index is 432. The van der Waals surface area contributed by atoms with Gasteiger partial charge >= 0.3 is 0 Å². The second-order valence-corrected chi connectivity index (χ2v) is 7.95. The van der Waals surface area contributed by atoms with Crippen LogP contribution in [0.4, 0.5) is 0 Å². The zero-order valence-corrected chi connectivity index (χ0v) is 15.8. The molecule has 1 unspecified atom stereocenters. The molecule has 0 aromatic carbocycles. The average molecular weight is 338 g/mol. The predicted molar refractivity (Wildman–Crippen MR) is 96.6 cm³/mol. The Balaban J connectivity index is 2.07. The molecule has 1 aliphatic heterocycles.